The molecule has 3 aromatic rings. The van der Waals surface area contributed by atoms with Gasteiger partial charge in [0.2, 0.25) is 5.91 Å². The summed E-state index contributed by atoms with van der Waals surface area (Å²) in [5.41, 5.74) is -0.813. The number of hydrogen-bond donors (Lipinski definition) is 0. The Hall–Kier alpha value is -2.90. The highest BCUT2D eigenvalue weighted by Crippen LogP contribution is 2.42. The summed E-state index contributed by atoms with van der Waals surface area (Å²) in [6.07, 6.45) is -4.78. The summed E-state index contributed by atoms with van der Waals surface area (Å²) >= 11 is 12.2. The van der Waals surface area contributed by atoms with Crippen LogP contribution in [0.4, 0.5) is 19.0 Å². The zero-order valence-corrected chi connectivity index (χ0v) is 21.5. The molecule has 36 heavy (non-hydrogen) atoms. The van der Waals surface area contributed by atoms with Crippen LogP contribution in [0.1, 0.15) is 35.7 Å². The highest BCUT2D eigenvalue weighted by atomic mass is 35.5. The number of aliphatic imine (C=N–C) groups is 1. The van der Waals surface area contributed by atoms with Gasteiger partial charge in [-0.3, -0.25) is 4.79 Å². The van der Waals surface area contributed by atoms with Crippen LogP contribution in [0.15, 0.2) is 38.7 Å². The van der Waals surface area contributed by atoms with Crippen LogP contribution in [0.3, 0.4) is 0 Å². The van der Waals surface area contributed by atoms with Crippen molar-refractivity contribution in [2.24, 2.45) is 10.9 Å². The van der Waals surface area contributed by atoms with Crippen molar-refractivity contribution in [2.45, 2.75) is 37.9 Å². The molecule has 0 saturated heterocycles. The van der Waals surface area contributed by atoms with Crippen LogP contribution in [0.2, 0.25) is 10.0 Å². The molecule has 15 heteroatoms. The van der Waals surface area contributed by atoms with Crippen molar-refractivity contribution in [3.8, 4) is 0 Å². The molecule has 9 nitrogen and oxygen atoms in total. The van der Waals surface area contributed by atoms with Crippen molar-refractivity contribution < 1.29 is 30.9 Å². The molecule has 0 bridgehead atoms. The van der Waals surface area contributed by atoms with E-state index in [-0.39, 0.29) is 43.5 Å². The van der Waals surface area contributed by atoms with Gasteiger partial charge in [0.25, 0.3) is 10.0 Å². The van der Waals surface area contributed by atoms with Crippen LogP contribution < -0.4 is 0 Å². The Kier molecular flexibility index (Phi) is 6.46. The van der Waals surface area contributed by atoms with Crippen molar-refractivity contribution in [1.82, 2.24) is 19.2 Å². The van der Waals surface area contributed by atoms with Gasteiger partial charge >= 0.3 is 6.18 Å². The zero-order chi connectivity index (χ0) is 26.7. The summed E-state index contributed by atoms with van der Waals surface area (Å²) < 4.78 is 73.4. The number of rotatable bonds is 4. The van der Waals surface area contributed by atoms with E-state index in [9.17, 15) is 26.4 Å². The highest BCUT2D eigenvalue weighted by molar-refractivity contribution is 7.89. The van der Waals surface area contributed by atoms with E-state index in [1.807, 2.05) is 0 Å². The van der Waals surface area contributed by atoms with Gasteiger partial charge in [0, 0.05) is 18.8 Å². The molecule has 0 spiro atoms. The topological polar surface area (TPSA) is 111 Å². The lowest BCUT2D eigenvalue weighted by Crippen LogP contribution is -2.45. The molecular formula is C21H18Cl2F3N5O4S. The molecule has 0 radical (unpaired) electrons. The molecule has 4 rings (SSSR count). The minimum atomic E-state index is -4.78. The molecule has 1 aliphatic heterocycles. The molecule has 2 unspecified atom stereocenters. The number of sulfonamides is 1. The van der Waals surface area contributed by atoms with Crippen LogP contribution >= 0.6 is 23.2 Å². The third kappa shape index (κ3) is 4.28. The lowest BCUT2D eigenvalue weighted by Gasteiger charge is -2.33. The van der Waals surface area contributed by atoms with E-state index in [4.69, 9.17) is 27.7 Å². The van der Waals surface area contributed by atoms with Crippen molar-refractivity contribution in [2.75, 3.05) is 7.05 Å². The maximum absolute atomic E-state index is 13.7. The molecule has 0 N–H and O–H groups in total. The lowest BCUT2D eigenvalue weighted by molar-refractivity contribution is -0.141. The van der Waals surface area contributed by atoms with Crippen LogP contribution in [0, 0.1) is 19.8 Å². The molecular weight excluding hydrogens is 546 g/mol. The first-order valence-electron chi connectivity index (χ1n) is 10.3. The molecule has 1 amide bonds. The Morgan fingerprint density at radius 3 is 2.36 bits per heavy atom. The molecule has 0 saturated carbocycles. The Morgan fingerprint density at radius 2 is 1.81 bits per heavy atom. The normalized spacial score (nSPS) is 18.1. The second kappa shape index (κ2) is 8.89. The fourth-order valence-corrected chi connectivity index (χ4v) is 5.81. The fraction of sp³-hybridized carbons (Fsp3) is 0.333. The van der Waals surface area contributed by atoms with E-state index in [1.54, 1.807) is 0 Å². The van der Waals surface area contributed by atoms with Crippen LogP contribution in [-0.2, 0) is 21.0 Å². The Labute approximate surface area is 213 Å². The van der Waals surface area contributed by atoms with E-state index in [0.29, 0.717) is 4.31 Å². The number of hydrogen-bond acceptors (Lipinski definition) is 7. The number of halogens is 5. The minimum absolute atomic E-state index is 0.0219. The molecule has 3 heterocycles. The Bertz CT molecular complexity index is 1490. The average molecular weight is 564 g/mol. The van der Waals surface area contributed by atoms with Crippen LogP contribution in [0.25, 0.3) is 0 Å². The molecule has 2 atom stereocenters. The smallest absolute Gasteiger partial charge is 0.360 e. The SMILES string of the molecule is CC1=Nc2cc(C(F)(F)F)nn2C(c2ccc(Cl)c(Cl)c2)C1C(=O)N(C)S(=O)(=O)c1c(C)noc1C. The van der Waals surface area contributed by atoms with Gasteiger partial charge in [-0.1, -0.05) is 34.4 Å². The first kappa shape index (κ1) is 26.2. The summed E-state index contributed by atoms with van der Waals surface area (Å²) in [5.74, 6) is -2.49. The van der Waals surface area contributed by atoms with E-state index in [2.05, 4.69) is 15.2 Å². The van der Waals surface area contributed by atoms with Gasteiger partial charge in [0.1, 0.15) is 11.6 Å². The van der Waals surface area contributed by atoms with Gasteiger partial charge in [0.15, 0.2) is 22.2 Å². The van der Waals surface area contributed by atoms with E-state index in [0.717, 1.165) is 17.8 Å². The largest absolute Gasteiger partial charge is 0.435 e. The van der Waals surface area contributed by atoms with Crippen LogP contribution in [0.5, 0.6) is 0 Å². The highest BCUT2D eigenvalue weighted by Gasteiger charge is 2.45. The summed E-state index contributed by atoms with van der Waals surface area (Å²) in [6.45, 7) is 4.21. The first-order valence-corrected chi connectivity index (χ1v) is 12.5. The second-order valence-corrected chi connectivity index (χ2v) is 10.9. The standard InChI is InChI=1S/C21H18Cl2F3N5O4S/c1-9-17(20(32)30(4)36(33,34)19-10(2)29-35-11(19)3)18(12-5-6-13(22)14(23)7-12)31-16(27-9)8-15(28-31)21(24,25)26/h5-8,17-18H,1-4H3. The number of benzene rings is 1. The predicted molar refractivity (Wildman–Crippen MR) is 124 cm³/mol. The van der Waals surface area contributed by atoms with Crippen LogP contribution in [-0.4, -0.2) is 46.3 Å². The quantitative estimate of drug-likeness (QED) is 0.443. The van der Waals surface area contributed by atoms with Gasteiger partial charge in [-0.05, 0) is 38.5 Å². The lowest BCUT2D eigenvalue weighted by atomic mass is 9.87. The summed E-state index contributed by atoms with van der Waals surface area (Å²) in [6, 6.07) is 3.81. The fourth-order valence-electron chi connectivity index (χ4n) is 4.07. The summed E-state index contributed by atoms with van der Waals surface area (Å²) in [4.78, 5) is 17.6. The second-order valence-electron chi connectivity index (χ2n) is 8.14. The van der Waals surface area contributed by atoms with Gasteiger partial charge in [0.05, 0.1) is 16.1 Å². The Balaban J connectivity index is 1.88. The van der Waals surface area contributed by atoms with Gasteiger partial charge < -0.3 is 4.52 Å². The minimum Gasteiger partial charge on any atom is -0.360 e. The molecule has 2 aromatic heterocycles. The number of fused-ring (bicyclic) bond motifs is 1. The zero-order valence-electron chi connectivity index (χ0n) is 19.1. The predicted octanol–water partition coefficient (Wildman–Crippen LogP) is 4.97. The number of nitrogens with zero attached hydrogens (tertiary/aromatic N) is 5. The number of carbonyl (C=O) groups excluding carboxylic acids is 1. The van der Waals surface area contributed by atoms with Gasteiger partial charge in [-0.15, -0.1) is 0 Å². The Morgan fingerprint density at radius 1 is 1.14 bits per heavy atom. The van der Waals surface area contributed by atoms with Crippen molar-refractivity contribution in [3.63, 3.8) is 0 Å². The first-order chi connectivity index (χ1) is 16.6. The summed E-state index contributed by atoms with van der Waals surface area (Å²) in [5, 5.41) is 7.55. The number of amides is 1. The monoisotopic (exact) mass is 563 g/mol. The molecule has 0 fully saturated rings. The number of carbonyl (C=O) groups is 1. The van der Waals surface area contributed by atoms with Crippen molar-refractivity contribution in [3.05, 3.63) is 57.0 Å². The molecule has 1 aliphatic rings. The van der Waals surface area contributed by atoms with E-state index < -0.39 is 39.8 Å². The molecule has 192 valence electrons. The maximum Gasteiger partial charge on any atom is 0.435 e. The van der Waals surface area contributed by atoms with Crippen molar-refractivity contribution in [1.29, 1.82) is 0 Å². The third-order valence-electron chi connectivity index (χ3n) is 5.77. The van der Waals surface area contributed by atoms with Crippen molar-refractivity contribution >= 4 is 50.7 Å². The molecule has 0 aliphatic carbocycles. The van der Waals surface area contributed by atoms with E-state index >= 15 is 0 Å². The molecule has 1 aromatic carbocycles. The third-order valence-corrected chi connectivity index (χ3v) is 8.51. The average Bonchev–Trinajstić information content (AvgIpc) is 3.36. The van der Waals surface area contributed by atoms with Gasteiger partial charge in [-0.25, -0.2) is 22.4 Å². The number of alkyl halides is 3. The van der Waals surface area contributed by atoms with Gasteiger partial charge in [-0.2, -0.15) is 18.3 Å². The maximum atomic E-state index is 13.7. The summed E-state index contributed by atoms with van der Waals surface area (Å²) in [7, 11) is -3.39. The number of aromatic nitrogens is 3. The number of aryl methyl sites for hydroxylation is 2. The van der Waals surface area contributed by atoms with E-state index in [1.165, 1.54) is 39.0 Å².